The van der Waals surface area contributed by atoms with Gasteiger partial charge in [-0.2, -0.15) is 0 Å². The average molecular weight is 503 g/mol. The molecule has 2 unspecified atom stereocenters. The van der Waals surface area contributed by atoms with E-state index in [0.29, 0.717) is 21.8 Å². The van der Waals surface area contributed by atoms with Gasteiger partial charge in [-0.05, 0) is 48.7 Å². The highest BCUT2D eigenvalue weighted by atomic mass is 32.2. The zero-order chi connectivity index (χ0) is 24.5. The van der Waals surface area contributed by atoms with Crippen LogP contribution in [0.1, 0.15) is 30.1 Å². The van der Waals surface area contributed by atoms with Gasteiger partial charge < -0.3 is 10.0 Å². The van der Waals surface area contributed by atoms with Gasteiger partial charge in [0.1, 0.15) is 22.2 Å². The molecule has 0 radical (unpaired) electrons. The summed E-state index contributed by atoms with van der Waals surface area (Å²) in [7, 11) is -1.17. The van der Waals surface area contributed by atoms with E-state index in [4.69, 9.17) is 0 Å². The first-order valence-corrected chi connectivity index (χ1v) is 12.9. The van der Waals surface area contributed by atoms with Crippen LogP contribution in [0.25, 0.3) is 11.1 Å². The number of hydrogen-bond acceptors (Lipinski definition) is 5. The molecule has 1 aliphatic heterocycles. The van der Waals surface area contributed by atoms with Gasteiger partial charge in [-0.3, -0.25) is 9.00 Å². The van der Waals surface area contributed by atoms with Gasteiger partial charge in [-0.1, -0.05) is 30.3 Å². The first-order chi connectivity index (χ1) is 16.1. The number of thiazole rings is 1. The highest BCUT2D eigenvalue weighted by Gasteiger charge is 2.29. The van der Waals surface area contributed by atoms with E-state index in [0.717, 1.165) is 0 Å². The number of carbonyl (C=O) groups is 1. The van der Waals surface area contributed by atoms with Gasteiger partial charge in [-0.25, -0.2) is 13.8 Å². The van der Waals surface area contributed by atoms with Crippen molar-refractivity contribution in [1.82, 2.24) is 9.88 Å². The summed E-state index contributed by atoms with van der Waals surface area (Å²) >= 11 is 1.33. The van der Waals surface area contributed by atoms with E-state index in [-0.39, 0.29) is 42.0 Å². The maximum Gasteiger partial charge on any atom is 0.228 e. The number of amides is 1. The maximum atomic E-state index is 14.9. The Morgan fingerprint density at radius 3 is 2.50 bits per heavy atom. The molecule has 3 aromatic rings. The molecule has 0 saturated carbocycles. The molecule has 1 N–H and O–H groups in total. The van der Waals surface area contributed by atoms with Crippen molar-refractivity contribution in [3.8, 4) is 11.1 Å². The molecule has 4 rings (SSSR count). The van der Waals surface area contributed by atoms with E-state index < -0.39 is 22.2 Å². The first kappa shape index (κ1) is 24.4. The molecule has 1 aliphatic rings. The summed E-state index contributed by atoms with van der Waals surface area (Å²) in [6.45, 7) is 3.44. The van der Waals surface area contributed by atoms with E-state index >= 15 is 0 Å². The van der Waals surface area contributed by atoms with Gasteiger partial charge in [0, 0.05) is 21.6 Å². The van der Waals surface area contributed by atoms with Gasteiger partial charge in [0.25, 0.3) is 0 Å². The van der Waals surface area contributed by atoms with Crippen molar-refractivity contribution in [3.63, 3.8) is 0 Å². The molecular weight excluding hydrogens is 478 g/mol. The topological polar surface area (TPSA) is 70.5 Å². The predicted molar refractivity (Wildman–Crippen MR) is 129 cm³/mol. The number of benzene rings is 2. The molecular formula is C25H24F2N2O3S2. The number of aromatic nitrogens is 1. The molecule has 0 fully saturated rings. The third-order valence-electron chi connectivity index (χ3n) is 5.56. The fraction of sp³-hybridized carbons (Fsp3) is 0.280. The molecule has 5 nitrogen and oxygen atoms in total. The molecule has 34 heavy (non-hydrogen) atoms. The molecule has 2 heterocycles. The van der Waals surface area contributed by atoms with Crippen LogP contribution in [0.4, 0.5) is 8.78 Å². The third-order valence-corrected chi connectivity index (χ3v) is 7.53. The van der Waals surface area contributed by atoms with Crippen molar-refractivity contribution in [3.05, 3.63) is 87.2 Å². The van der Waals surface area contributed by atoms with Crippen LogP contribution in [0.5, 0.6) is 0 Å². The minimum atomic E-state index is -1.17. The van der Waals surface area contributed by atoms with Crippen LogP contribution in [-0.4, -0.2) is 36.9 Å². The lowest BCUT2D eigenvalue weighted by Crippen LogP contribution is -2.41. The lowest BCUT2D eigenvalue weighted by molar-refractivity contribution is -0.132. The predicted octanol–water partition coefficient (Wildman–Crippen LogP) is 4.53. The molecule has 0 bridgehead atoms. The van der Waals surface area contributed by atoms with E-state index in [2.05, 4.69) is 4.98 Å². The summed E-state index contributed by atoms with van der Waals surface area (Å²) < 4.78 is 40.0. The third kappa shape index (κ3) is 5.65. The Balaban J connectivity index is 1.54. The number of carbonyl (C=O) groups excluding carboxylic acids is 1. The lowest BCUT2D eigenvalue weighted by Gasteiger charge is -2.27. The quantitative estimate of drug-likeness (QED) is 0.515. The average Bonchev–Trinajstić information content (AvgIpc) is 3.43. The number of hydrogen-bond donors (Lipinski definition) is 1. The SMILES string of the molecule is CC(C)(O)c1csc(CN(C(=O)Cc2ccc(-c3ccc(F)cc3)cc2F)C2C=CS(=O)C2)n1. The molecule has 0 aliphatic carbocycles. The van der Waals surface area contributed by atoms with Crippen molar-refractivity contribution in [2.75, 3.05) is 5.75 Å². The Bertz CT molecular complexity index is 1250. The van der Waals surface area contributed by atoms with Gasteiger partial charge in [0.2, 0.25) is 5.91 Å². The second-order valence-electron chi connectivity index (χ2n) is 8.64. The molecule has 0 saturated heterocycles. The van der Waals surface area contributed by atoms with E-state index in [9.17, 15) is 22.9 Å². The number of aliphatic hydroxyl groups is 1. The van der Waals surface area contributed by atoms with Crippen molar-refractivity contribution in [2.45, 2.75) is 38.5 Å². The fourth-order valence-corrected chi connectivity index (χ4v) is 5.68. The molecule has 1 amide bonds. The van der Waals surface area contributed by atoms with Crippen LogP contribution in [0, 0.1) is 11.6 Å². The Hall–Kier alpha value is -2.75. The second kappa shape index (κ2) is 9.85. The Labute approximate surface area is 203 Å². The van der Waals surface area contributed by atoms with Gasteiger partial charge in [0.05, 0.1) is 30.5 Å². The first-order valence-electron chi connectivity index (χ1n) is 10.7. The summed E-state index contributed by atoms with van der Waals surface area (Å²) in [4.78, 5) is 19.3. The largest absolute Gasteiger partial charge is 0.384 e. The van der Waals surface area contributed by atoms with Gasteiger partial charge >= 0.3 is 0 Å². The van der Waals surface area contributed by atoms with Crippen molar-refractivity contribution in [1.29, 1.82) is 0 Å². The minimum Gasteiger partial charge on any atom is -0.384 e. The zero-order valence-corrected chi connectivity index (χ0v) is 20.3. The molecule has 2 atom stereocenters. The smallest absolute Gasteiger partial charge is 0.228 e. The van der Waals surface area contributed by atoms with Gasteiger partial charge in [0.15, 0.2) is 0 Å². The van der Waals surface area contributed by atoms with Crippen molar-refractivity contribution < 1.29 is 22.9 Å². The Morgan fingerprint density at radius 1 is 1.21 bits per heavy atom. The normalized spacial score (nSPS) is 17.8. The Morgan fingerprint density at radius 2 is 1.91 bits per heavy atom. The number of nitrogens with zero attached hydrogens (tertiary/aromatic N) is 2. The van der Waals surface area contributed by atoms with E-state index in [1.54, 1.807) is 59.9 Å². The van der Waals surface area contributed by atoms with Crippen LogP contribution < -0.4 is 0 Å². The van der Waals surface area contributed by atoms with Crippen LogP contribution in [0.3, 0.4) is 0 Å². The summed E-state index contributed by atoms with van der Waals surface area (Å²) in [6, 6.07) is 9.96. The van der Waals surface area contributed by atoms with Crippen LogP contribution in [-0.2, 0) is 34.2 Å². The number of rotatable bonds is 7. The molecule has 178 valence electrons. The molecule has 0 spiro atoms. The van der Waals surface area contributed by atoms with Crippen molar-refractivity contribution >= 4 is 28.0 Å². The summed E-state index contributed by atoms with van der Waals surface area (Å²) in [6.07, 6.45) is 1.56. The van der Waals surface area contributed by atoms with Crippen LogP contribution in [0.2, 0.25) is 0 Å². The monoisotopic (exact) mass is 502 g/mol. The Kier molecular flexibility index (Phi) is 7.06. The molecule has 1 aromatic heterocycles. The number of halogens is 2. The minimum absolute atomic E-state index is 0.168. The summed E-state index contributed by atoms with van der Waals surface area (Å²) in [5.41, 5.74) is 0.896. The van der Waals surface area contributed by atoms with Crippen LogP contribution >= 0.6 is 11.3 Å². The highest BCUT2D eigenvalue weighted by molar-refractivity contribution is 7.88. The second-order valence-corrected chi connectivity index (χ2v) is 10.9. The standard InChI is InChI=1S/C25H24F2N2O3S2/c1-25(2,31)22-14-33-23(28-22)13-29(20-9-10-34(32)15-20)24(30)12-18-4-3-17(11-21(18)27)16-5-7-19(26)8-6-16/h3-11,14,20,31H,12-13,15H2,1-2H3. The summed E-state index contributed by atoms with van der Waals surface area (Å²) in [5, 5.41) is 14.1. The van der Waals surface area contributed by atoms with Crippen LogP contribution in [0.15, 0.2) is 59.3 Å². The lowest BCUT2D eigenvalue weighted by atomic mass is 10.0. The van der Waals surface area contributed by atoms with E-state index in [1.807, 2.05) is 0 Å². The highest BCUT2D eigenvalue weighted by Crippen LogP contribution is 2.26. The molecule has 9 heteroatoms. The van der Waals surface area contributed by atoms with Gasteiger partial charge in [-0.15, -0.1) is 11.3 Å². The maximum absolute atomic E-state index is 14.9. The molecule has 2 aromatic carbocycles. The van der Waals surface area contributed by atoms with Crippen molar-refractivity contribution in [2.24, 2.45) is 0 Å². The van der Waals surface area contributed by atoms with E-state index in [1.165, 1.54) is 29.5 Å². The fourth-order valence-electron chi connectivity index (χ4n) is 3.63. The summed E-state index contributed by atoms with van der Waals surface area (Å²) in [5.74, 6) is -0.939. The zero-order valence-electron chi connectivity index (χ0n) is 18.7.